The van der Waals surface area contributed by atoms with E-state index in [0.29, 0.717) is 29.7 Å². The zero-order valence-corrected chi connectivity index (χ0v) is 14.4. The summed E-state index contributed by atoms with van der Waals surface area (Å²) in [5, 5.41) is 26.4. The fourth-order valence-electron chi connectivity index (χ4n) is 3.10. The highest BCUT2D eigenvalue weighted by molar-refractivity contribution is 5.89. The minimum absolute atomic E-state index is 0.155. The highest BCUT2D eigenvalue weighted by atomic mass is 16.3. The first kappa shape index (κ1) is 17.2. The zero-order chi connectivity index (χ0) is 18.0. The molecule has 1 aliphatic rings. The lowest BCUT2D eigenvalue weighted by molar-refractivity contribution is -0.157. The number of amides is 1. The summed E-state index contributed by atoms with van der Waals surface area (Å²) in [4.78, 5) is 12.7. The molecule has 2 aromatic rings. The third-order valence-electron chi connectivity index (χ3n) is 4.47. The van der Waals surface area contributed by atoms with Gasteiger partial charge in [0.05, 0.1) is 0 Å². The molecule has 3 rings (SSSR count). The normalized spacial score (nSPS) is 19.8. The number of aromatic hydroxyl groups is 1. The lowest BCUT2D eigenvalue weighted by Gasteiger charge is -2.31. The first-order valence-electron chi connectivity index (χ1n) is 8.34. The third kappa shape index (κ3) is 3.42. The van der Waals surface area contributed by atoms with E-state index in [1.54, 1.807) is 25.1 Å². The largest absolute Gasteiger partial charge is 0.508 e. The smallest absolute Gasteiger partial charge is 0.245 e. The van der Waals surface area contributed by atoms with Crippen molar-refractivity contribution >= 4 is 11.6 Å². The molecule has 2 aromatic carbocycles. The SMILES string of the molecule is CC1=NN(C(=O)CCc2ccccc2O)[C@@](O)(c2ccc(C)cc2)C1. The predicted octanol–water partition coefficient (Wildman–Crippen LogP) is 3.09. The Bertz CT molecular complexity index is 814. The number of carbonyl (C=O) groups is 1. The summed E-state index contributed by atoms with van der Waals surface area (Å²) in [7, 11) is 0. The van der Waals surface area contributed by atoms with Gasteiger partial charge >= 0.3 is 0 Å². The van der Waals surface area contributed by atoms with Gasteiger partial charge in [0.1, 0.15) is 5.75 Å². The van der Waals surface area contributed by atoms with Crippen LogP contribution in [0.2, 0.25) is 0 Å². The minimum atomic E-state index is -1.45. The number of phenols is 1. The number of nitrogens with zero attached hydrogens (tertiary/aromatic N) is 2. The fourth-order valence-corrected chi connectivity index (χ4v) is 3.10. The molecule has 130 valence electrons. The molecule has 0 saturated heterocycles. The van der Waals surface area contributed by atoms with Crippen molar-refractivity contribution in [1.29, 1.82) is 0 Å². The van der Waals surface area contributed by atoms with Crippen LogP contribution in [0.15, 0.2) is 53.6 Å². The summed E-state index contributed by atoms with van der Waals surface area (Å²) >= 11 is 0. The van der Waals surface area contributed by atoms with E-state index in [1.165, 1.54) is 5.01 Å². The minimum Gasteiger partial charge on any atom is -0.508 e. The molecule has 0 unspecified atom stereocenters. The average Bonchev–Trinajstić information content (AvgIpc) is 2.90. The number of phenolic OH excluding ortho intramolecular Hbond substituents is 1. The van der Waals surface area contributed by atoms with Gasteiger partial charge in [0.15, 0.2) is 5.72 Å². The van der Waals surface area contributed by atoms with E-state index >= 15 is 0 Å². The van der Waals surface area contributed by atoms with Gasteiger partial charge in [-0.1, -0.05) is 48.0 Å². The standard InChI is InChI=1S/C20H22N2O3/c1-14-7-10-17(11-8-14)20(25)13-15(2)21-22(20)19(24)12-9-16-5-3-4-6-18(16)23/h3-8,10-11,23,25H,9,12-13H2,1-2H3/t20-/m0/s1. The third-order valence-corrected chi connectivity index (χ3v) is 4.47. The molecular formula is C20H22N2O3. The summed E-state index contributed by atoms with van der Waals surface area (Å²) in [6.45, 7) is 3.77. The van der Waals surface area contributed by atoms with Gasteiger partial charge in [0.25, 0.3) is 0 Å². The second kappa shape index (κ2) is 6.69. The number of carbonyl (C=O) groups excluding carboxylic acids is 1. The summed E-state index contributed by atoms with van der Waals surface area (Å²) in [5.41, 5.74) is 1.69. The fraction of sp³-hybridized carbons (Fsp3) is 0.300. The van der Waals surface area contributed by atoms with E-state index < -0.39 is 5.72 Å². The highest BCUT2D eigenvalue weighted by Crippen LogP contribution is 2.36. The molecule has 25 heavy (non-hydrogen) atoms. The lowest BCUT2D eigenvalue weighted by atomic mass is 9.96. The van der Waals surface area contributed by atoms with Gasteiger partial charge < -0.3 is 10.2 Å². The van der Waals surface area contributed by atoms with E-state index in [0.717, 1.165) is 5.56 Å². The van der Waals surface area contributed by atoms with Crippen molar-refractivity contribution in [1.82, 2.24) is 5.01 Å². The van der Waals surface area contributed by atoms with Gasteiger partial charge in [-0.05, 0) is 31.9 Å². The predicted molar refractivity (Wildman–Crippen MR) is 96.1 cm³/mol. The molecule has 5 nitrogen and oxygen atoms in total. The van der Waals surface area contributed by atoms with Gasteiger partial charge in [-0.2, -0.15) is 10.1 Å². The number of para-hydroxylation sites is 1. The first-order valence-corrected chi connectivity index (χ1v) is 8.34. The molecule has 0 aliphatic carbocycles. The topological polar surface area (TPSA) is 73.1 Å². The van der Waals surface area contributed by atoms with Crippen LogP contribution < -0.4 is 0 Å². The van der Waals surface area contributed by atoms with Gasteiger partial charge in [-0.15, -0.1) is 0 Å². The van der Waals surface area contributed by atoms with Crippen LogP contribution in [-0.4, -0.2) is 26.8 Å². The monoisotopic (exact) mass is 338 g/mol. The summed E-state index contributed by atoms with van der Waals surface area (Å²) in [6, 6.07) is 14.4. The van der Waals surface area contributed by atoms with Crippen molar-refractivity contribution in [3.05, 3.63) is 65.2 Å². The number of benzene rings is 2. The zero-order valence-electron chi connectivity index (χ0n) is 14.4. The maximum Gasteiger partial charge on any atom is 0.245 e. The number of hydrogen-bond donors (Lipinski definition) is 2. The van der Waals surface area contributed by atoms with Crippen LogP contribution in [0.4, 0.5) is 0 Å². The lowest BCUT2D eigenvalue weighted by Crippen LogP contribution is -2.43. The highest BCUT2D eigenvalue weighted by Gasteiger charge is 2.44. The average molecular weight is 338 g/mol. The molecule has 0 bridgehead atoms. The van der Waals surface area contributed by atoms with Gasteiger partial charge in [-0.25, -0.2) is 0 Å². The molecule has 0 aromatic heterocycles. The first-order chi connectivity index (χ1) is 11.9. The Morgan fingerprint density at radius 1 is 1.16 bits per heavy atom. The number of hydrogen-bond acceptors (Lipinski definition) is 4. The van der Waals surface area contributed by atoms with Gasteiger partial charge in [0, 0.05) is 24.1 Å². The number of hydrazone groups is 1. The van der Waals surface area contributed by atoms with Crippen LogP contribution in [0.25, 0.3) is 0 Å². The summed E-state index contributed by atoms with van der Waals surface area (Å²) in [5.74, 6) is -0.103. The van der Waals surface area contributed by atoms with Crippen molar-refractivity contribution in [2.45, 2.75) is 38.8 Å². The molecule has 5 heteroatoms. The Hall–Kier alpha value is -2.66. The second-order valence-electron chi connectivity index (χ2n) is 6.53. The van der Waals surface area contributed by atoms with Crippen LogP contribution in [0.3, 0.4) is 0 Å². The van der Waals surface area contributed by atoms with Crippen LogP contribution in [0, 0.1) is 6.92 Å². The van der Waals surface area contributed by atoms with Crippen LogP contribution in [0.1, 0.15) is 36.5 Å². The molecule has 2 N–H and O–H groups in total. The van der Waals surface area contributed by atoms with E-state index in [1.807, 2.05) is 37.3 Å². The Labute approximate surface area is 147 Å². The molecule has 1 amide bonds. The van der Waals surface area contributed by atoms with Crippen molar-refractivity contribution in [3.8, 4) is 5.75 Å². The van der Waals surface area contributed by atoms with Crippen LogP contribution in [-0.2, 0) is 16.9 Å². The van der Waals surface area contributed by atoms with Crippen molar-refractivity contribution in [2.75, 3.05) is 0 Å². The Kier molecular flexibility index (Phi) is 4.59. The number of rotatable bonds is 4. The quantitative estimate of drug-likeness (QED) is 0.900. The maximum atomic E-state index is 12.7. The molecule has 0 radical (unpaired) electrons. The van der Waals surface area contributed by atoms with E-state index in [9.17, 15) is 15.0 Å². The molecule has 0 spiro atoms. The van der Waals surface area contributed by atoms with E-state index in [4.69, 9.17) is 0 Å². The van der Waals surface area contributed by atoms with Crippen molar-refractivity contribution in [3.63, 3.8) is 0 Å². The van der Waals surface area contributed by atoms with E-state index in [-0.39, 0.29) is 18.1 Å². The van der Waals surface area contributed by atoms with Crippen LogP contribution in [0.5, 0.6) is 5.75 Å². The van der Waals surface area contributed by atoms with Crippen molar-refractivity contribution in [2.24, 2.45) is 5.10 Å². The molecule has 1 aliphatic heterocycles. The van der Waals surface area contributed by atoms with Crippen molar-refractivity contribution < 1.29 is 15.0 Å². The van der Waals surface area contributed by atoms with E-state index in [2.05, 4.69) is 5.10 Å². The second-order valence-corrected chi connectivity index (χ2v) is 6.53. The molecule has 0 fully saturated rings. The Morgan fingerprint density at radius 3 is 2.52 bits per heavy atom. The molecule has 0 saturated carbocycles. The molecule has 1 atom stereocenters. The summed E-state index contributed by atoms with van der Waals surface area (Å²) in [6.07, 6.45) is 0.835. The number of aryl methyl sites for hydroxylation is 2. The van der Waals surface area contributed by atoms with Gasteiger partial charge in [0.2, 0.25) is 5.91 Å². The van der Waals surface area contributed by atoms with Gasteiger partial charge in [-0.3, -0.25) is 4.79 Å². The molecular weight excluding hydrogens is 316 g/mol. The number of aliphatic hydroxyl groups is 1. The Morgan fingerprint density at radius 2 is 1.84 bits per heavy atom. The maximum absolute atomic E-state index is 12.7. The van der Waals surface area contributed by atoms with Crippen LogP contribution >= 0.6 is 0 Å². The Balaban J connectivity index is 1.79. The summed E-state index contributed by atoms with van der Waals surface area (Å²) < 4.78 is 0. The molecule has 1 heterocycles.